The Hall–Kier alpha value is -0.0400. The SMILES string of the molecule is CCCSCCC(NC)C(F)(F)C(F)(F)F. The molecule has 1 N–H and O–H groups in total. The molecule has 0 heterocycles. The summed E-state index contributed by atoms with van der Waals surface area (Å²) in [5, 5.41) is 2.04. The summed E-state index contributed by atoms with van der Waals surface area (Å²) in [5.41, 5.74) is 0. The Kier molecular flexibility index (Phi) is 6.62. The predicted octanol–water partition coefficient (Wildman–Crippen LogP) is 3.31. The number of hydrogen-bond donors (Lipinski definition) is 1. The van der Waals surface area contributed by atoms with Crippen molar-refractivity contribution >= 4 is 11.8 Å². The van der Waals surface area contributed by atoms with Crippen LogP contribution in [0.4, 0.5) is 22.0 Å². The summed E-state index contributed by atoms with van der Waals surface area (Å²) in [5.74, 6) is -3.60. The van der Waals surface area contributed by atoms with E-state index in [0.29, 0.717) is 5.75 Å². The van der Waals surface area contributed by atoms with E-state index in [0.717, 1.165) is 19.2 Å². The van der Waals surface area contributed by atoms with Gasteiger partial charge in [-0.2, -0.15) is 33.7 Å². The van der Waals surface area contributed by atoms with E-state index >= 15 is 0 Å². The smallest absolute Gasteiger partial charge is 0.311 e. The first-order valence-electron chi connectivity index (χ1n) is 4.96. The molecular formula is C9H16F5NS. The van der Waals surface area contributed by atoms with Gasteiger partial charge in [0.2, 0.25) is 0 Å². The van der Waals surface area contributed by atoms with Crippen molar-refractivity contribution in [2.24, 2.45) is 0 Å². The largest absolute Gasteiger partial charge is 0.454 e. The van der Waals surface area contributed by atoms with Crippen LogP contribution in [-0.4, -0.2) is 36.7 Å². The van der Waals surface area contributed by atoms with Crippen molar-refractivity contribution in [3.63, 3.8) is 0 Å². The molecule has 0 aromatic heterocycles. The van der Waals surface area contributed by atoms with E-state index in [1.54, 1.807) is 0 Å². The number of thioether (sulfide) groups is 1. The van der Waals surface area contributed by atoms with Crippen LogP contribution in [0.25, 0.3) is 0 Å². The number of halogens is 5. The van der Waals surface area contributed by atoms with Crippen molar-refractivity contribution in [1.82, 2.24) is 5.32 Å². The Bertz CT molecular complexity index is 195. The summed E-state index contributed by atoms with van der Waals surface area (Å²) in [6, 6.07) is -1.85. The van der Waals surface area contributed by atoms with Gasteiger partial charge in [-0.15, -0.1) is 0 Å². The molecule has 98 valence electrons. The van der Waals surface area contributed by atoms with Crippen molar-refractivity contribution in [3.05, 3.63) is 0 Å². The van der Waals surface area contributed by atoms with E-state index in [-0.39, 0.29) is 6.42 Å². The monoisotopic (exact) mass is 265 g/mol. The Labute approximate surface area is 96.2 Å². The topological polar surface area (TPSA) is 12.0 Å². The van der Waals surface area contributed by atoms with Crippen molar-refractivity contribution < 1.29 is 22.0 Å². The fraction of sp³-hybridized carbons (Fsp3) is 1.00. The van der Waals surface area contributed by atoms with Crippen LogP contribution >= 0.6 is 11.8 Å². The van der Waals surface area contributed by atoms with Gasteiger partial charge in [-0.05, 0) is 31.4 Å². The maximum absolute atomic E-state index is 12.9. The molecule has 0 aliphatic heterocycles. The van der Waals surface area contributed by atoms with E-state index in [1.807, 2.05) is 12.2 Å². The minimum absolute atomic E-state index is 0.201. The minimum atomic E-state index is -5.49. The van der Waals surface area contributed by atoms with Gasteiger partial charge in [0.25, 0.3) is 0 Å². The maximum Gasteiger partial charge on any atom is 0.454 e. The molecular weight excluding hydrogens is 249 g/mol. The molecule has 1 unspecified atom stereocenters. The summed E-state index contributed by atoms with van der Waals surface area (Å²) in [6.45, 7) is 1.92. The van der Waals surface area contributed by atoms with E-state index in [4.69, 9.17) is 0 Å². The molecule has 0 saturated heterocycles. The fourth-order valence-electron chi connectivity index (χ4n) is 1.15. The molecule has 0 aliphatic carbocycles. The van der Waals surface area contributed by atoms with Crippen LogP contribution in [-0.2, 0) is 0 Å². The molecule has 0 radical (unpaired) electrons. The second kappa shape index (κ2) is 6.64. The third-order valence-electron chi connectivity index (χ3n) is 2.06. The highest BCUT2D eigenvalue weighted by molar-refractivity contribution is 7.99. The van der Waals surface area contributed by atoms with Crippen LogP contribution in [0.5, 0.6) is 0 Å². The lowest BCUT2D eigenvalue weighted by Gasteiger charge is -2.28. The third-order valence-corrected chi connectivity index (χ3v) is 3.28. The highest BCUT2D eigenvalue weighted by atomic mass is 32.2. The normalized spacial score (nSPS) is 15.2. The predicted molar refractivity (Wildman–Crippen MR) is 56.1 cm³/mol. The summed E-state index contributed by atoms with van der Waals surface area (Å²) in [7, 11) is 1.12. The van der Waals surface area contributed by atoms with Crippen molar-refractivity contribution in [1.29, 1.82) is 0 Å². The molecule has 0 bridgehead atoms. The first-order chi connectivity index (χ1) is 7.27. The Balaban J connectivity index is 4.26. The van der Waals surface area contributed by atoms with Crippen molar-refractivity contribution in [2.75, 3.05) is 18.6 Å². The Morgan fingerprint density at radius 1 is 1.12 bits per heavy atom. The zero-order valence-electron chi connectivity index (χ0n) is 9.20. The summed E-state index contributed by atoms with van der Waals surface area (Å²) in [6.07, 6.45) is -4.81. The number of alkyl halides is 5. The van der Waals surface area contributed by atoms with Gasteiger partial charge < -0.3 is 5.32 Å². The van der Waals surface area contributed by atoms with E-state index in [1.165, 1.54) is 11.8 Å². The second-order valence-corrected chi connectivity index (χ2v) is 4.59. The molecule has 0 spiro atoms. The fourth-order valence-corrected chi connectivity index (χ4v) is 2.05. The number of nitrogens with one attached hydrogen (secondary N) is 1. The minimum Gasteiger partial charge on any atom is -0.311 e. The highest BCUT2D eigenvalue weighted by Crippen LogP contribution is 2.39. The molecule has 0 aromatic carbocycles. The Morgan fingerprint density at radius 3 is 2.06 bits per heavy atom. The van der Waals surface area contributed by atoms with Crippen LogP contribution in [0, 0.1) is 0 Å². The Morgan fingerprint density at radius 2 is 1.69 bits per heavy atom. The number of rotatable bonds is 7. The highest BCUT2D eigenvalue weighted by Gasteiger charge is 2.61. The second-order valence-electron chi connectivity index (χ2n) is 3.36. The van der Waals surface area contributed by atoms with E-state index < -0.39 is 18.1 Å². The molecule has 0 fully saturated rings. The van der Waals surface area contributed by atoms with Crippen LogP contribution < -0.4 is 5.32 Å². The summed E-state index contributed by atoms with van der Waals surface area (Å²) >= 11 is 1.38. The van der Waals surface area contributed by atoms with Gasteiger partial charge in [0, 0.05) is 0 Å². The van der Waals surface area contributed by atoms with Gasteiger partial charge in [0.15, 0.2) is 0 Å². The molecule has 1 atom stereocenters. The number of hydrogen-bond acceptors (Lipinski definition) is 2. The molecule has 0 amide bonds. The van der Waals surface area contributed by atoms with Gasteiger partial charge in [0.05, 0.1) is 6.04 Å². The summed E-state index contributed by atoms with van der Waals surface area (Å²) in [4.78, 5) is 0. The van der Waals surface area contributed by atoms with E-state index in [2.05, 4.69) is 0 Å². The van der Waals surface area contributed by atoms with E-state index in [9.17, 15) is 22.0 Å². The standard InChI is InChI=1S/C9H16F5NS/c1-3-5-16-6-4-7(15-2)8(10,11)9(12,13)14/h7,15H,3-6H2,1-2H3. The first-order valence-corrected chi connectivity index (χ1v) is 6.12. The summed E-state index contributed by atoms with van der Waals surface area (Å²) < 4.78 is 62.0. The van der Waals surface area contributed by atoms with Crippen LogP contribution in [0.15, 0.2) is 0 Å². The zero-order chi connectivity index (χ0) is 12.8. The molecule has 0 aliphatic rings. The molecule has 7 heteroatoms. The van der Waals surface area contributed by atoms with Gasteiger partial charge in [-0.25, -0.2) is 0 Å². The van der Waals surface area contributed by atoms with Crippen LogP contribution in [0.2, 0.25) is 0 Å². The lowest BCUT2D eigenvalue weighted by molar-refractivity contribution is -0.292. The van der Waals surface area contributed by atoms with Gasteiger partial charge in [0.1, 0.15) is 0 Å². The average Bonchev–Trinajstić information content (AvgIpc) is 2.16. The maximum atomic E-state index is 12.9. The zero-order valence-corrected chi connectivity index (χ0v) is 10.0. The quantitative estimate of drug-likeness (QED) is 0.560. The lowest BCUT2D eigenvalue weighted by atomic mass is 10.1. The van der Waals surface area contributed by atoms with Crippen LogP contribution in [0.1, 0.15) is 19.8 Å². The molecule has 0 rings (SSSR count). The third kappa shape index (κ3) is 4.45. The molecule has 0 aromatic rings. The molecule has 16 heavy (non-hydrogen) atoms. The first kappa shape index (κ1) is 16.0. The van der Waals surface area contributed by atoms with Crippen LogP contribution in [0.3, 0.4) is 0 Å². The van der Waals surface area contributed by atoms with Crippen molar-refractivity contribution in [3.8, 4) is 0 Å². The lowest BCUT2D eigenvalue weighted by Crippen LogP contribution is -2.53. The average molecular weight is 265 g/mol. The van der Waals surface area contributed by atoms with Crippen molar-refractivity contribution in [2.45, 2.75) is 37.9 Å². The molecule has 0 saturated carbocycles. The van der Waals surface area contributed by atoms with Gasteiger partial charge in [-0.1, -0.05) is 6.92 Å². The van der Waals surface area contributed by atoms with Gasteiger partial charge in [-0.3, -0.25) is 0 Å². The van der Waals surface area contributed by atoms with Gasteiger partial charge >= 0.3 is 12.1 Å². The molecule has 1 nitrogen and oxygen atoms in total.